The Morgan fingerprint density at radius 2 is 2.00 bits per heavy atom. The Morgan fingerprint density at radius 3 is 2.57 bits per heavy atom. The Morgan fingerprint density at radius 1 is 1.35 bits per heavy atom. The molecule has 2 atom stereocenters. The van der Waals surface area contributed by atoms with E-state index in [9.17, 15) is 18.0 Å². The van der Waals surface area contributed by atoms with Crippen LogP contribution in [-0.2, 0) is 19.6 Å². The van der Waals surface area contributed by atoms with Crippen LogP contribution in [0.4, 0.5) is 0 Å². The fraction of sp³-hybridized carbons (Fsp3) is 0.846. The normalized spacial score (nSPS) is 19.6. The van der Waals surface area contributed by atoms with E-state index in [1.807, 2.05) is 0 Å². The molecule has 0 saturated carbocycles. The average molecular weight is 371 g/mol. The summed E-state index contributed by atoms with van der Waals surface area (Å²) >= 11 is 0. The number of carbonyl (C=O) groups is 2. The number of nitrogens with zero attached hydrogens (tertiary/aromatic N) is 1. The Labute approximate surface area is 144 Å². The number of rotatable bonds is 7. The zero-order valence-electron chi connectivity index (χ0n) is 13.6. The van der Waals surface area contributed by atoms with Crippen molar-refractivity contribution in [1.82, 2.24) is 14.9 Å². The SMILES string of the molecule is CC(NS(C)(=O)=O)C(=O)N1CCCCC1CNC(=O)CCN.Cl. The summed E-state index contributed by atoms with van der Waals surface area (Å²) in [6.45, 7) is 2.76. The van der Waals surface area contributed by atoms with Crippen LogP contribution >= 0.6 is 12.4 Å². The van der Waals surface area contributed by atoms with E-state index in [-0.39, 0.29) is 43.2 Å². The average Bonchev–Trinajstić information content (AvgIpc) is 2.43. The number of likely N-dealkylation sites (tertiary alicyclic amines) is 1. The summed E-state index contributed by atoms with van der Waals surface area (Å²) in [5.74, 6) is -0.397. The summed E-state index contributed by atoms with van der Waals surface area (Å²) in [5, 5.41) is 2.77. The summed E-state index contributed by atoms with van der Waals surface area (Å²) in [7, 11) is -3.44. The standard InChI is InChI=1S/C13H26N4O4S.ClH/c1-10(16-22(2,20)21)13(19)17-8-4-3-5-11(17)9-15-12(18)6-7-14;/h10-11,16H,3-9,14H2,1-2H3,(H,15,18);1H. The fourth-order valence-electron chi connectivity index (χ4n) is 2.57. The summed E-state index contributed by atoms with van der Waals surface area (Å²) in [5.41, 5.74) is 5.32. The molecular weight excluding hydrogens is 344 g/mol. The van der Waals surface area contributed by atoms with Crippen molar-refractivity contribution in [2.45, 2.75) is 44.7 Å². The maximum atomic E-state index is 12.4. The first-order chi connectivity index (χ1) is 10.2. The highest BCUT2D eigenvalue weighted by Gasteiger charge is 2.30. The lowest BCUT2D eigenvalue weighted by Gasteiger charge is -2.37. The first-order valence-electron chi connectivity index (χ1n) is 7.49. The molecule has 4 N–H and O–H groups in total. The van der Waals surface area contributed by atoms with E-state index in [0.29, 0.717) is 13.1 Å². The zero-order chi connectivity index (χ0) is 16.8. The minimum Gasteiger partial charge on any atom is -0.354 e. The maximum absolute atomic E-state index is 12.4. The van der Waals surface area contributed by atoms with Crippen LogP contribution in [0.25, 0.3) is 0 Å². The Hall–Kier alpha value is -0.900. The van der Waals surface area contributed by atoms with Gasteiger partial charge in [0.2, 0.25) is 21.8 Å². The van der Waals surface area contributed by atoms with Crippen molar-refractivity contribution in [2.75, 3.05) is 25.9 Å². The predicted octanol–water partition coefficient (Wildman–Crippen LogP) is -0.808. The molecule has 1 rings (SSSR count). The van der Waals surface area contributed by atoms with Crippen LogP contribution < -0.4 is 15.8 Å². The van der Waals surface area contributed by atoms with Crippen LogP contribution in [0, 0.1) is 0 Å². The van der Waals surface area contributed by atoms with Gasteiger partial charge < -0.3 is 16.0 Å². The summed E-state index contributed by atoms with van der Waals surface area (Å²) in [6.07, 6.45) is 3.93. The van der Waals surface area contributed by atoms with E-state index in [1.165, 1.54) is 6.92 Å². The molecule has 0 aromatic heterocycles. The quantitative estimate of drug-likeness (QED) is 0.541. The van der Waals surface area contributed by atoms with E-state index in [2.05, 4.69) is 10.0 Å². The highest BCUT2D eigenvalue weighted by molar-refractivity contribution is 7.88. The summed E-state index contributed by atoms with van der Waals surface area (Å²) in [6, 6.07) is -0.915. The second-order valence-corrected chi connectivity index (χ2v) is 7.42. The largest absolute Gasteiger partial charge is 0.354 e. The maximum Gasteiger partial charge on any atom is 0.240 e. The second-order valence-electron chi connectivity index (χ2n) is 5.64. The van der Waals surface area contributed by atoms with Crippen LogP contribution in [0.5, 0.6) is 0 Å². The number of nitrogens with one attached hydrogen (secondary N) is 2. The number of sulfonamides is 1. The van der Waals surface area contributed by atoms with Crippen LogP contribution in [0.2, 0.25) is 0 Å². The first kappa shape index (κ1) is 22.1. The molecule has 0 aromatic rings. The molecule has 0 aromatic carbocycles. The molecule has 1 fully saturated rings. The van der Waals surface area contributed by atoms with Gasteiger partial charge in [-0.25, -0.2) is 13.1 Å². The second kappa shape index (κ2) is 10.1. The van der Waals surface area contributed by atoms with Gasteiger partial charge in [0.1, 0.15) is 0 Å². The number of amides is 2. The smallest absolute Gasteiger partial charge is 0.240 e. The zero-order valence-corrected chi connectivity index (χ0v) is 15.2. The lowest BCUT2D eigenvalue weighted by Crippen LogP contribution is -2.55. The Kier molecular flexibility index (Phi) is 9.67. The molecule has 8 nitrogen and oxygen atoms in total. The number of halogens is 1. The van der Waals surface area contributed by atoms with Crippen molar-refractivity contribution in [2.24, 2.45) is 5.73 Å². The molecule has 2 amide bonds. The van der Waals surface area contributed by atoms with Crippen molar-refractivity contribution in [3.05, 3.63) is 0 Å². The van der Waals surface area contributed by atoms with Crippen molar-refractivity contribution in [3.8, 4) is 0 Å². The summed E-state index contributed by atoms with van der Waals surface area (Å²) in [4.78, 5) is 25.6. The van der Waals surface area contributed by atoms with Gasteiger partial charge in [-0.3, -0.25) is 9.59 Å². The third-order valence-corrected chi connectivity index (χ3v) is 4.36. The van der Waals surface area contributed by atoms with Gasteiger partial charge in [0, 0.05) is 32.1 Å². The number of nitrogens with two attached hydrogens (primary N) is 1. The van der Waals surface area contributed by atoms with Gasteiger partial charge in [0.05, 0.1) is 12.3 Å². The molecule has 1 aliphatic heterocycles. The lowest BCUT2D eigenvalue weighted by molar-refractivity contribution is -0.136. The van der Waals surface area contributed by atoms with Crippen molar-refractivity contribution in [3.63, 3.8) is 0 Å². The van der Waals surface area contributed by atoms with E-state index >= 15 is 0 Å². The van der Waals surface area contributed by atoms with Gasteiger partial charge in [0.25, 0.3) is 0 Å². The van der Waals surface area contributed by atoms with E-state index < -0.39 is 16.1 Å². The molecular formula is C13H27ClN4O4S. The van der Waals surface area contributed by atoms with E-state index in [4.69, 9.17) is 5.73 Å². The first-order valence-corrected chi connectivity index (χ1v) is 9.38. The third kappa shape index (κ3) is 7.96. The van der Waals surface area contributed by atoms with E-state index in [0.717, 1.165) is 25.5 Å². The fourth-order valence-corrected chi connectivity index (χ4v) is 3.32. The molecule has 1 saturated heterocycles. The molecule has 2 unspecified atom stereocenters. The van der Waals surface area contributed by atoms with Gasteiger partial charge in [0.15, 0.2) is 0 Å². The summed E-state index contributed by atoms with van der Waals surface area (Å²) < 4.78 is 24.8. The molecule has 1 heterocycles. The van der Waals surface area contributed by atoms with Crippen LogP contribution in [0.3, 0.4) is 0 Å². The number of hydrogen-bond acceptors (Lipinski definition) is 5. The molecule has 0 bridgehead atoms. The van der Waals surface area contributed by atoms with Gasteiger partial charge in [-0.05, 0) is 26.2 Å². The Balaban J connectivity index is 0.00000484. The Bertz CT molecular complexity index is 500. The highest BCUT2D eigenvalue weighted by atomic mass is 35.5. The van der Waals surface area contributed by atoms with Gasteiger partial charge in [-0.2, -0.15) is 0 Å². The molecule has 0 spiro atoms. The topological polar surface area (TPSA) is 122 Å². The van der Waals surface area contributed by atoms with Crippen molar-refractivity contribution in [1.29, 1.82) is 0 Å². The minimum atomic E-state index is -3.44. The van der Waals surface area contributed by atoms with Gasteiger partial charge in [-0.15, -0.1) is 12.4 Å². The molecule has 0 radical (unpaired) electrons. The molecule has 10 heteroatoms. The monoisotopic (exact) mass is 370 g/mol. The number of carbonyl (C=O) groups excluding carboxylic acids is 2. The molecule has 136 valence electrons. The predicted molar refractivity (Wildman–Crippen MR) is 90.7 cm³/mol. The van der Waals surface area contributed by atoms with Crippen LogP contribution in [0.15, 0.2) is 0 Å². The number of hydrogen-bond donors (Lipinski definition) is 3. The van der Waals surface area contributed by atoms with Crippen molar-refractivity contribution < 1.29 is 18.0 Å². The molecule has 0 aliphatic carbocycles. The van der Waals surface area contributed by atoms with E-state index in [1.54, 1.807) is 4.90 Å². The van der Waals surface area contributed by atoms with Crippen LogP contribution in [-0.4, -0.2) is 63.1 Å². The van der Waals surface area contributed by atoms with Gasteiger partial charge >= 0.3 is 0 Å². The number of piperidine rings is 1. The third-order valence-electron chi connectivity index (χ3n) is 3.58. The van der Waals surface area contributed by atoms with Crippen molar-refractivity contribution >= 4 is 34.2 Å². The van der Waals surface area contributed by atoms with Crippen LogP contribution in [0.1, 0.15) is 32.6 Å². The lowest BCUT2D eigenvalue weighted by atomic mass is 10.0. The molecule has 1 aliphatic rings. The molecule has 23 heavy (non-hydrogen) atoms. The van der Waals surface area contributed by atoms with Gasteiger partial charge in [-0.1, -0.05) is 0 Å². The highest BCUT2D eigenvalue weighted by Crippen LogP contribution is 2.17. The minimum absolute atomic E-state index is 0.